The highest BCUT2D eigenvalue weighted by Crippen LogP contribution is 2.28. The zero-order chi connectivity index (χ0) is 17.4. The Kier molecular flexibility index (Phi) is 4.15. The van der Waals surface area contributed by atoms with Gasteiger partial charge in [0.1, 0.15) is 0 Å². The van der Waals surface area contributed by atoms with Gasteiger partial charge in [-0.25, -0.2) is 9.97 Å². The maximum absolute atomic E-state index is 12.8. The molecule has 1 aliphatic rings. The number of hydrogen-bond donors (Lipinski definition) is 0. The van der Waals surface area contributed by atoms with E-state index in [4.69, 9.17) is 23.2 Å². The molecule has 0 bridgehead atoms. The monoisotopic (exact) mass is 369 g/mol. The molecule has 0 fully saturated rings. The van der Waals surface area contributed by atoms with E-state index in [9.17, 15) is 4.79 Å². The van der Waals surface area contributed by atoms with E-state index in [2.05, 4.69) is 9.97 Å². The van der Waals surface area contributed by atoms with Gasteiger partial charge < -0.3 is 4.90 Å². The van der Waals surface area contributed by atoms with E-state index >= 15 is 0 Å². The molecule has 0 spiro atoms. The molecule has 0 saturated carbocycles. The molecular formula is C19H13Cl2N3O. The highest BCUT2D eigenvalue weighted by molar-refractivity contribution is 6.42. The molecule has 0 aliphatic carbocycles. The Labute approximate surface area is 155 Å². The van der Waals surface area contributed by atoms with Crippen LogP contribution in [0.4, 0.5) is 0 Å². The van der Waals surface area contributed by atoms with Crippen LogP contribution in [-0.4, -0.2) is 20.8 Å². The van der Waals surface area contributed by atoms with Crippen LogP contribution in [0.2, 0.25) is 10.0 Å². The van der Waals surface area contributed by atoms with Crippen molar-refractivity contribution in [3.63, 3.8) is 0 Å². The van der Waals surface area contributed by atoms with Crippen molar-refractivity contribution in [2.45, 2.75) is 13.1 Å². The van der Waals surface area contributed by atoms with E-state index in [0.717, 1.165) is 16.7 Å². The Hall–Kier alpha value is -2.43. The first-order valence-electron chi connectivity index (χ1n) is 7.76. The number of carbonyl (C=O) groups excluding carboxylic acids is 1. The summed E-state index contributed by atoms with van der Waals surface area (Å²) in [6.07, 6.45) is 1.58. The topological polar surface area (TPSA) is 46.1 Å². The maximum Gasteiger partial charge on any atom is 0.292 e. The van der Waals surface area contributed by atoms with Crippen LogP contribution in [-0.2, 0) is 13.1 Å². The van der Waals surface area contributed by atoms with Crippen molar-refractivity contribution in [2.75, 3.05) is 0 Å². The minimum absolute atomic E-state index is 0.177. The number of amides is 1. The molecule has 2 aromatic carbocycles. The third-order valence-corrected chi connectivity index (χ3v) is 4.93. The van der Waals surface area contributed by atoms with Crippen LogP contribution < -0.4 is 0 Å². The molecular weight excluding hydrogens is 357 g/mol. The molecule has 0 unspecified atom stereocenters. The van der Waals surface area contributed by atoms with Gasteiger partial charge in [0.05, 0.1) is 15.7 Å². The first-order chi connectivity index (χ1) is 12.1. The summed E-state index contributed by atoms with van der Waals surface area (Å²) in [6, 6.07) is 15.0. The summed E-state index contributed by atoms with van der Waals surface area (Å²) in [4.78, 5) is 23.1. The van der Waals surface area contributed by atoms with E-state index in [-0.39, 0.29) is 11.7 Å². The number of benzene rings is 2. The second kappa shape index (κ2) is 6.47. The second-order valence-corrected chi connectivity index (χ2v) is 6.64. The van der Waals surface area contributed by atoms with E-state index in [0.29, 0.717) is 28.8 Å². The zero-order valence-electron chi connectivity index (χ0n) is 13.1. The molecule has 1 amide bonds. The number of aromatic nitrogens is 2. The predicted molar refractivity (Wildman–Crippen MR) is 97.5 cm³/mol. The van der Waals surface area contributed by atoms with E-state index < -0.39 is 0 Å². The lowest BCUT2D eigenvalue weighted by Crippen LogP contribution is -2.27. The fourth-order valence-corrected chi connectivity index (χ4v) is 3.19. The average Bonchev–Trinajstić information content (AvgIpc) is 3.07. The maximum atomic E-state index is 12.8. The van der Waals surface area contributed by atoms with Crippen molar-refractivity contribution in [2.24, 2.45) is 0 Å². The summed E-state index contributed by atoms with van der Waals surface area (Å²) in [6.45, 7) is 1.16. The number of carbonyl (C=O) groups is 1. The molecule has 0 atom stereocenters. The molecule has 1 aromatic heterocycles. The Morgan fingerprint density at radius 3 is 2.36 bits per heavy atom. The lowest BCUT2D eigenvalue weighted by molar-refractivity contribution is 0.0739. The predicted octanol–water partition coefficient (Wildman–Crippen LogP) is 4.61. The molecule has 2 heterocycles. The molecule has 0 N–H and O–H groups in total. The molecule has 124 valence electrons. The van der Waals surface area contributed by atoms with Crippen molar-refractivity contribution < 1.29 is 4.79 Å². The number of halogens is 2. The molecule has 3 aromatic rings. The highest BCUT2D eigenvalue weighted by Gasteiger charge is 2.25. The van der Waals surface area contributed by atoms with Crippen LogP contribution in [0.3, 0.4) is 0 Å². The van der Waals surface area contributed by atoms with Gasteiger partial charge in [-0.1, -0.05) is 53.5 Å². The Morgan fingerprint density at radius 1 is 0.960 bits per heavy atom. The molecule has 0 saturated heterocycles. The van der Waals surface area contributed by atoms with Gasteiger partial charge in [-0.3, -0.25) is 4.79 Å². The van der Waals surface area contributed by atoms with Gasteiger partial charge in [0, 0.05) is 24.8 Å². The quantitative estimate of drug-likeness (QED) is 0.662. The number of rotatable bonds is 2. The smallest absolute Gasteiger partial charge is 0.292 e. The van der Waals surface area contributed by atoms with Crippen LogP contribution in [0.15, 0.2) is 54.7 Å². The molecule has 25 heavy (non-hydrogen) atoms. The minimum atomic E-state index is -0.182. The van der Waals surface area contributed by atoms with Crippen molar-refractivity contribution in [1.29, 1.82) is 0 Å². The van der Waals surface area contributed by atoms with E-state index in [1.165, 1.54) is 0 Å². The average molecular weight is 370 g/mol. The summed E-state index contributed by atoms with van der Waals surface area (Å²) < 4.78 is 0. The fraction of sp³-hybridized carbons (Fsp3) is 0.105. The Balaban J connectivity index is 1.61. The first kappa shape index (κ1) is 16.1. The van der Waals surface area contributed by atoms with Crippen molar-refractivity contribution in [3.8, 4) is 11.3 Å². The largest absolute Gasteiger partial charge is 0.327 e. The standard InChI is InChI=1S/C19H13Cl2N3O/c20-15-6-5-12(9-16(15)21)17-7-8-22-18(23-17)19(25)24-10-13-3-1-2-4-14(13)11-24/h1-9H,10-11H2. The van der Waals surface area contributed by atoms with E-state index in [1.807, 2.05) is 30.3 Å². The third kappa shape index (κ3) is 3.11. The van der Waals surface area contributed by atoms with Gasteiger partial charge in [0.2, 0.25) is 5.82 Å². The van der Waals surface area contributed by atoms with Crippen molar-refractivity contribution in [3.05, 3.63) is 81.7 Å². The van der Waals surface area contributed by atoms with Crippen LogP contribution in [0.5, 0.6) is 0 Å². The Morgan fingerprint density at radius 2 is 1.68 bits per heavy atom. The summed E-state index contributed by atoms with van der Waals surface area (Å²) in [5, 5.41) is 0.922. The van der Waals surface area contributed by atoms with Crippen molar-refractivity contribution >= 4 is 29.1 Å². The third-order valence-electron chi connectivity index (χ3n) is 4.19. The van der Waals surface area contributed by atoms with Crippen LogP contribution in [0.1, 0.15) is 21.7 Å². The van der Waals surface area contributed by atoms with Gasteiger partial charge in [-0.15, -0.1) is 0 Å². The zero-order valence-corrected chi connectivity index (χ0v) is 14.6. The van der Waals surface area contributed by atoms with Gasteiger partial charge in [-0.2, -0.15) is 0 Å². The van der Waals surface area contributed by atoms with Gasteiger partial charge in [-0.05, 0) is 29.3 Å². The van der Waals surface area contributed by atoms with Gasteiger partial charge in [0.15, 0.2) is 0 Å². The number of nitrogens with zero attached hydrogens (tertiary/aromatic N) is 3. The first-order valence-corrected chi connectivity index (χ1v) is 8.52. The minimum Gasteiger partial charge on any atom is -0.327 e. The summed E-state index contributed by atoms with van der Waals surface area (Å²) in [5.74, 6) is -0.00510. The number of fused-ring (bicyclic) bond motifs is 1. The molecule has 4 nitrogen and oxygen atoms in total. The second-order valence-electron chi connectivity index (χ2n) is 5.82. The Bertz CT molecular complexity index is 949. The molecule has 1 aliphatic heterocycles. The highest BCUT2D eigenvalue weighted by atomic mass is 35.5. The normalized spacial score (nSPS) is 13.0. The number of hydrogen-bond acceptors (Lipinski definition) is 3. The molecule has 4 rings (SSSR count). The van der Waals surface area contributed by atoms with Crippen LogP contribution in [0.25, 0.3) is 11.3 Å². The lowest BCUT2D eigenvalue weighted by atomic mass is 10.1. The van der Waals surface area contributed by atoms with Crippen LogP contribution >= 0.6 is 23.2 Å². The summed E-state index contributed by atoms with van der Waals surface area (Å²) >= 11 is 12.0. The van der Waals surface area contributed by atoms with E-state index in [1.54, 1.807) is 29.3 Å². The van der Waals surface area contributed by atoms with Crippen LogP contribution in [0, 0.1) is 0 Å². The van der Waals surface area contributed by atoms with Gasteiger partial charge in [0.25, 0.3) is 5.91 Å². The molecule has 0 radical (unpaired) electrons. The fourth-order valence-electron chi connectivity index (χ4n) is 2.90. The SMILES string of the molecule is O=C(c1nccc(-c2ccc(Cl)c(Cl)c2)n1)N1Cc2ccccc2C1. The summed E-state index contributed by atoms with van der Waals surface area (Å²) in [7, 11) is 0. The summed E-state index contributed by atoms with van der Waals surface area (Å²) in [5.41, 5.74) is 3.75. The van der Waals surface area contributed by atoms with Crippen molar-refractivity contribution in [1.82, 2.24) is 14.9 Å². The molecule has 6 heteroatoms. The van der Waals surface area contributed by atoms with Gasteiger partial charge >= 0.3 is 0 Å². The lowest BCUT2D eigenvalue weighted by Gasteiger charge is -2.14.